The molecule has 2 heterocycles. The molecule has 0 amide bonds. The highest BCUT2D eigenvalue weighted by atomic mass is 35.5. The smallest absolute Gasteiger partial charge is 0.149 e. The fourth-order valence-corrected chi connectivity index (χ4v) is 3.32. The summed E-state index contributed by atoms with van der Waals surface area (Å²) in [5.41, 5.74) is 0. The quantitative estimate of drug-likeness (QED) is 0.744. The van der Waals surface area contributed by atoms with Crippen LogP contribution in [0.2, 0.25) is 5.15 Å². The highest BCUT2D eigenvalue weighted by molar-refractivity contribution is 7.85. The summed E-state index contributed by atoms with van der Waals surface area (Å²) >= 11 is 6.04. The van der Waals surface area contributed by atoms with E-state index in [1.165, 1.54) is 0 Å². The third kappa shape index (κ3) is 3.35. The van der Waals surface area contributed by atoms with Gasteiger partial charge in [-0.05, 0) is 24.3 Å². The van der Waals surface area contributed by atoms with Crippen molar-refractivity contribution in [3.8, 4) is 0 Å². The first-order valence-electron chi connectivity index (χ1n) is 6.51. The van der Waals surface area contributed by atoms with Gasteiger partial charge in [-0.2, -0.15) is 0 Å². The van der Waals surface area contributed by atoms with E-state index in [4.69, 9.17) is 11.6 Å². The van der Waals surface area contributed by atoms with Crippen molar-refractivity contribution in [2.75, 3.05) is 5.32 Å². The van der Waals surface area contributed by atoms with Crippen LogP contribution in [-0.2, 0) is 17.8 Å². The molecule has 3 rings (SSSR count). The maximum atomic E-state index is 12.6. The average molecular weight is 333 g/mol. The van der Waals surface area contributed by atoms with Crippen LogP contribution in [0.3, 0.4) is 0 Å². The van der Waals surface area contributed by atoms with Crippen LogP contribution in [0, 0.1) is 0 Å². The fourth-order valence-electron chi connectivity index (χ4n) is 1.93. The van der Waals surface area contributed by atoms with Gasteiger partial charge in [-0.3, -0.25) is 0 Å². The molecule has 0 fully saturated rings. The first-order valence-corrected chi connectivity index (χ1v) is 8.04. The van der Waals surface area contributed by atoms with Crippen molar-refractivity contribution in [3.63, 3.8) is 0 Å². The van der Waals surface area contributed by atoms with E-state index in [9.17, 15) is 4.21 Å². The van der Waals surface area contributed by atoms with Gasteiger partial charge in [0.05, 0.1) is 22.0 Å². The minimum absolute atomic E-state index is 0.278. The first-order chi connectivity index (χ1) is 10.6. The SMILES string of the molecule is Cn1cnc(Nc2cc(S(=O)c3ccccc3)cc(Cl)n2)c1. The first kappa shape index (κ1) is 14.7. The molecule has 0 bridgehead atoms. The largest absolute Gasteiger partial charge is 0.338 e. The highest BCUT2D eigenvalue weighted by Crippen LogP contribution is 2.23. The Bertz CT molecular complexity index is 819. The summed E-state index contributed by atoms with van der Waals surface area (Å²) < 4.78 is 14.4. The molecule has 1 atom stereocenters. The summed E-state index contributed by atoms with van der Waals surface area (Å²) in [6, 6.07) is 12.5. The van der Waals surface area contributed by atoms with Gasteiger partial charge in [-0.25, -0.2) is 14.2 Å². The lowest BCUT2D eigenvalue weighted by Crippen LogP contribution is -1.98. The minimum Gasteiger partial charge on any atom is -0.338 e. The Morgan fingerprint density at radius 2 is 1.91 bits per heavy atom. The van der Waals surface area contributed by atoms with Gasteiger partial charge in [-0.1, -0.05) is 29.8 Å². The van der Waals surface area contributed by atoms with Gasteiger partial charge in [0, 0.05) is 18.1 Å². The molecule has 0 spiro atoms. The predicted molar refractivity (Wildman–Crippen MR) is 86.9 cm³/mol. The number of hydrogen-bond acceptors (Lipinski definition) is 4. The van der Waals surface area contributed by atoms with Crippen molar-refractivity contribution >= 4 is 34.0 Å². The summed E-state index contributed by atoms with van der Waals surface area (Å²) in [4.78, 5) is 9.66. The number of pyridine rings is 1. The average Bonchev–Trinajstić information content (AvgIpc) is 2.92. The van der Waals surface area contributed by atoms with E-state index in [1.54, 1.807) is 18.5 Å². The summed E-state index contributed by atoms with van der Waals surface area (Å²) in [6.45, 7) is 0. The molecule has 1 unspecified atom stereocenters. The lowest BCUT2D eigenvalue weighted by molar-refractivity contribution is 0.683. The lowest BCUT2D eigenvalue weighted by atomic mass is 10.4. The summed E-state index contributed by atoms with van der Waals surface area (Å²) in [7, 11) is 0.564. The van der Waals surface area contributed by atoms with Crippen LogP contribution in [0.1, 0.15) is 0 Å². The van der Waals surface area contributed by atoms with Crippen LogP contribution >= 0.6 is 11.6 Å². The summed E-state index contributed by atoms with van der Waals surface area (Å²) in [6.07, 6.45) is 3.49. The monoisotopic (exact) mass is 332 g/mol. The predicted octanol–water partition coefficient (Wildman–Crippen LogP) is 3.38. The third-order valence-electron chi connectivity index (χ3n) is 2.90. The molecule has 2 aromatic heterocycles. The van der Waals surface area contributed by atoms with Crippen LogP contribution in [-0.4, -0.2) is 18.7 Å². The van der Waals surface area contributed by atoms with Crippen molar-refractivity contribution in [3.05, 3.63) is 60.1 Å². The van der Waals surface area contributed by atoms with E-state index in [2.05, 4.69) is 15.3 Å². The van der Waals surface area contributed by atoms with Crippen LogP contribution in [0.5, 0.6) is 0 Å². The van der Waals surface area contributed by atoms with Gasteiger partial charge >= 0.3 is 0 Å². The standard InChI is InChI=1S/C15H13ClN4OS/c1-20-9-15(17-10-20)19-14-8-12(7-13(16)18-14)22(21)11-5-3-2-4-6-11/h2-10H,1H3,(H,18,19). The van der Waals surface area contributed by atoms with Crippen molar-refractivity contribution in [2.24, 2.45) is 7.05 Å². The zero-order valence-electron chi connectivity index (χ0n) is 11.7. The molecule has 22 heavy (non-hydrogen) atoms. The Hall–Kier alpha value is -2.18. The van der Waals surface area contributed by atoms with E-state index < -0.39 is 10.8 Å². The second kappa shape index (κ2) is 6.29. The molecule has 0 aliphatic heterocycles. The van der Waals surface area contributed by atoms with E-state index in [-0.39, 0.29) is 5.15 Å². The molecule has 0 aliphatic rings. The highest BCUT2D eigenvalue weighted by Gasteiger charge is 2.11. The number of rotatable bonds is 4. The molecule has 7 heteroatoms. The normalized spacial score (nSPS) is 12.1. The number of aryl methyl sites for hydroxylation is 1. The molecule has 3 aromatic rings. The summed E-state index contributed by atoms with van der Waals surface area (Å²) in [5.74, 6) is 1.15. The fraction of sp³-hybridized carbons (Fsp3) is 0.0667. The molecular formula is C15H13ClN4OS. The Morgan fingerprint density at radius 1 is 1.14 bits per heavy atom. The molecule has 0 saturated heterocycles. The number of nitrogens with zero attached hydrogens (tertiary/aromatic N) is 3. The number of hydrogen-bond donors (Lipinski definition) is 1. The van der Waals surface area contributed by atoms with E-state index in [1.807, 2.05) is 48.1 Å². The van der Waals surface area contributed by atoms with Crippen LogP contribution in [0.15, 0.2) is 64.8 Å². The number of anilines is 2. The van der Waals surface area contributed by atoms with Gasteiger partial charge < -0.3 is 9.88 Å². The van der Waals surface area contributed by atoms with Crippen LogP contribution in [0.25, 0.3) is 0 Å². The van der Waals surface area contributed by atoms with Gasteiger partial charge in [0.1, 0.15) is 16.8 Å². The Kier molecular flexibility index (Phi) is 4.22. The number of imidazole rings is 1. The van der Waals surface area contributed by atoms with Crippen molar-refractivity contribution in [1.82, 2.24) is 14.5 Å². The molecule has 0 aliphatic carbocycles. The van der Waals surface area contributed by atoms with Crippen LogP contribution < -0.4 is 5.32 Å². The maximum Gasteiger partial charge on any atom is 0.149 e. The van der Waals surface area contributed by atoms with E-state index in [0.717, 1.165) is 0 Å². The topological polar surface area (TPSA) is 59.8 Å². The van der Waals surface area contributed by atoms with Gasteiger partial charge in [0.15, 0.2) is 0 Å². The third-order valence-corrected chi connectivity index (χ3v) is 4.46. The van der Waals surface area contributed by atoms with Gasteiger partial charge in [0.2, 0.25) is 0 Å². The Labute approximate surface area is 135 Å². The number of halogens is 1. The Balaban J connectivity index is 1.91. The van der Waals surface area contributed by atoms with Crippen molar-refractivity contribution < 1.29 is 4.21 Å². The molecule has 5 nitrogen and oxygen atoms in total. The number of aromatic nitrogens is 3. The number of benzene rings is 1. The van der Waals surface area contributed by atoms with Gasteiger partial charge in [-0.15, -0.1) is 0 Å². The number of nitrogens with one attached hydrogen (secondary N) is 1. The second-order valence-corrected chi connectivity index (χ2v) is 6.51. The lowest BCUT2D eigenvalue weighted by Gasteiger charge is -2.07. The molecule has 112 valence electrons. The summed E-state index contributed by atoms with van der Waals surface area (Å²) in [5, 5.41) is 3.33. The Morgan fingerprint density at radius 3 is 2.59 bits per heavy atom. The molecule has 0 radical (unpaired) electrons. The molecule has 1 N–H and O–H groups in total. The maximum absolute atomic E-state index is 12.6. The van der Waals surface area contributed by atoms with Gasteiger partial charge in [0.25, 0.3) is 0 Å². The van der Waals surface area contributed by atoms with E-state index in [0.29, 0.717) is 21.4 Å². The van der Waals surface area contributed by atoms with Crippen LogP contribution in [0.4, 0.5) is 11.6 Å². The molecule has 0 saturated carbocycles. The zero-order valence-corrected chi connectivity index (χ0v) is 13.3. The minimum atomic E-state index is -1.31. The zero-order chi connectivity index (χ0) is 15.5. The van der Waals surface area contributed by atoms with Crippen molar-refractivity contribution in [2.45, 2.75) is 9.79 Å². The molecular weight excluding hydrogens is 320 g/mol. The molecule has 1 aromatic carbocycles. The van der Waals surface area contributed by atoms with E-state index >= 15 is 0 Å². The van der Waals surface area contributed by atoms with Crippen molar-refractivity contribution in [1.29, 1.82) is 0 Å². The second-order valence-electron chi connectivity index (χ2n) is 4.64.